The Morgan fingerprint density at radius 1 is 0.833 bits per heavy atom. The van der Waals surface area contributed by atoms with Crippen LogP contribution in [0.25, 0.3) is 10.8 Å². The third-order valence-corrected chi connectivity index (χ3v) is 4.85. The average molecular weight is 421 g/mol. The second-order valence-corrected chi connectivity index (χ2v) is 6.91. The minimum absolute atomic E-state index is 0. The molecule has 0 bridgehead atoms. The van der Waals surface area contributed by atoms with E-state index in [1.54, 1.807) is 13.3 Å². The fourth-order valence-electron chi connectivity index (χ4n) is 3.29. The number of para-hydroxylation sites is 1. The molecule has 0 saturated heterocycles. The molecule has 0 aliphatic heterocycles. The zero-order valence-electron chi connectivity index (χ0n) is 16.9. The number of hydrogen-bond acceptors (Lipinski definition) is 4. The van der Waals surface area contributed by atoms with Gasteiger partial charge in [0.25, 0.3) is 0 Å². The Labute approximate surface area is 183 Å². The molecule has 5 heteroatoms. The molecule has 30 heavy (non-hydrogen) atoms. The molecule has 0 aliphatic rings. The molecular weight excluding hydrogens is 396 g/mol. The summed E-state index contributed by atoms with van der Waals surface area (Å²) in [7, 11) is 1.69. The van der Waals surface area contributed by atoms with Crippen molar-refractivity contribution in [1.29, 1.82) is 0 Å². The molecule has 0 atom stereocenters. The van der Waals surface area contributed by atoms with Gasteiger partial charge in [0.05, 0.1) is 7.11 Å². The van der Waals surface area contributed by atoms with E-state index in [1.165, 1.54) is 16.3 Å². The highest BCUT2D eigenvalue weighted by molar-refractivity contribution is 5.85. The van der Waals surface area contributed by atoms with E-state index in [2.05, 4.69) is 46.7 Å². The summed E-state index contributed by atoms with van der Waals surface area (Å²) < 4.78 is 11.3. The van der Waals surface area contributed by atoms with Crippen molar-refractivity contribution in [3.8, 4) is 11.5 Å². The van der Waals surface area contributed by atoms with Crippen molar-refractivity contribution in [2.45, 2.75) is 19.7 Å². The van der Waals surface area contributed by atoms with E-state index < -0.39 is 0 Å². The second kappa shape index (κ2) is 10.6. The number of pyridine rings is 1. The minimum atomic E-state index is 0. The van der Waals surface area contributed by atoms with Crippen LogP contribution in [0, 0.1) is 0 Å². The number of nitrogens with one attached hydrogen (secondary N) is 1. The topological polar surface area (TPSA) is 43.4 Å². The zero-order valence-corrected chi connectivity index (χ0v) is 17.7. The maximum absolute atomic E-state index is 6.01. The number of hydrogen-bond donors (Lipinski definition) is 1. The molecule has 0 unspecified atom stereocenters. The molecule has 4 aromatic rings. The van der Waals surface area contributed by atoms with Crippen molar-refractivity contribution < 1.29 is 9.47 Å². The van der Waals surface area contributed by atoms with Gasteiger partial charge in [0, 0.05) is 36.6 Å². The van der Waals surface area contributed by atoms with Crippen molar-refractivity contribution in [1.82, 2.24) is 10.3 Å². The quantitative estimate of drug-likeness (QED) is 0.406. The molecule has 4 nitrogen and oxygen atoms in total. The van der Waals surface area contributed by atoms with Crippen molar-refractivity contribution in [2.75, 3.05) is 7.11 Å². The van der Waals surface area contributed by atoms with E-state index >= 15 is 0 Å². The first kappa shape index (κ1) is 21.6. The first-order chi connectivity index (χ1) is 14.3. The number of methoxy groups -OCH3 is 1. The smallest absolute Gasteiger partial charge is 0.124 e. The Bertz CT molecular complexity index is 1090. The van der Waals surface area contributed by atoms with Crippen molar-refractivity contribution in [3.63, 3.8) is 0 Å². The van der Waals surface area contributed by atoms with Crippen LogP contribution in [-0.4, -0.2) is 12.1 Å². The third kappa shape index (κ3) is 5.50. The lowest BCUT2D eigenvalue weighted by Crippen LogP contribution is -2.13. The Hall–Kier alpha value is -3.08. The van der Waals surface area contributed by atoms with Gasteiger partial charge in [0.15, 0.2) is 0 Å². The van der Waals surface area contributed by atoms with E-state index in [0.717, 1.165) is 35.7 Å². The van der Waals surface area contributed by atoms with Crippen LogP contribution in [0.1, 0.15) is 16.7 Å². The van der Waals surface area contributed by atoms with Crippen LogP contribution >= 0.6 is 12.4 Å². The summed E-state index contributed by atoms with van der Waals surface area (Å²) in [6.07, 6.45) is 3.60. The fourth-order valence-corrected chi connectivity index (χ4v) is 3.29. The molecule has 0 radical (unpaired) electrons. The van der Waals surface area contributed by atoms with Crippen LogP contribution in [0.15, 0.2) is 85.2 Å². The summed E-state index contributed by atoms with van der Waals surface area (Å²) >= 11 is 0. The van der Waals surface area contributed by atoms with Gasteiger partial charge >= 0.3 is 0 Å². The maximum atomic E-state index is 6.01. The summed E-state index contributed by atoms with van der Waals surface area (Å²) in [5.41, 5.74) is 3.45. The SMILES string of the molecule is COc1ccc2cc(CNCc3ccccc3OCc3cccnc3)ccc2c1.Cl. The lowest BCUT2D eigenvalue weighted by molar-refractivity contribution is 0.301. The monoisotopic (exact) mass is 420 g/mol. The standard InChI is InChI=1S/C25H24N2O2.ClH/c1-28-24-11-10-21-13-19(8-9-22(21)14-24)15-27-17-23-6-2-3-7-25(23)29-18-20-5-4-12-26-16-20;/h2-14,16,27H,15,17-18H2,1H3;1H. The highest BCUT2D eigenvalue weighted by Gasteiger charge is 2.04. The number of fused-ring (bicyclic) bond motifs is 1. The summed E-state index contributed by atoms with van der Waals surface area (Å²) in [6, 6.07) is 24.7. The summed E-state index contributed by atoms with van der Waals surface area (Å²) in [5, 5.41) is 5.92. The van der Waals surface area contributed by atoms with E-state index in [1.807, 2.05) is 42.6 Å². The zero-order chi connectivity index (χ0) is 19.9. The van der Waals surface area contributed by atoms with Crippen LogP contribution in [0.2, 0.25) is 0 Å². The molecule has 1 N–H and O–H groups in total. The van der Waals surface area contributed by atoms with Crippen molar-refractivity contribution >= 4 is 23.2 Å². The Kier molecular flexibility index (Phi) is 7.66. The highest BCUT2D eigenvalue weighted by Crippen LogP contribution is 2.22. The molecule has 0 aliphatic carbocycles. The molecule has 0 amide bonds. The average Bonchev–Trinajstić information content (AvgIpc) is 2.78. The Balaban J connectivity index is 0.00000256. The van der Waals surface area contributed by atoms with E-state index in [4.69, 9.17) is 9.47 Å². The first-order valence-corrected chi connectivity index (χ1v) is 9.69. The number of nitrogens with zero attached hydrogens (tertiary/aromatic N) is 1. The number of halogens is 1. The third-order valence-electron chi connectivity index (χ3n) is 4.85. The number of benzene rings is 3. The summed E-state index contributed by atoms with van der Waals surface area (Å²) in [5.74, 6) is 1.78. The van der Waals surface area contributed by atoms with Gasteiger partial charge in [-0.15, -0.1) is 12.4 Å². The molecule has 0 fully saturated rings. The van der Waals surface area contributed by atoms with Gasteiger partial charge in [0.2, 0.25) is 0 Å². The van der Waals surface area contributed by atoms with Gasteiger partial charge in [-0.2, -0.15) is 0 Å². The molecule has 4 rings (SSSR count). The molecular formula is C25H25ClN2O2. The Morgan fingerprint density at radius 3 is 2.50 bits per heavy atom. The predicted molar refractivity (Wildman–Crippen MR) is 123 cm³/mol. The van der Waals surface area contributed by atoms with Gasteiger partial charge in [0.1, 0.15) is 18.1 Å². The fraction of sp³-hybridized carbons (Fsp3) is 0.160. The number of aromatic nitrogens is 1. The van der Waals surface area contributed by atoms with Crippen LogP contribution in [0.3, 0.4) is 0 Å². The molecule has 0 spiro atoms. The molecule has 154 valence electrons. The normalized spacial score (nSPS) is 10.4. The van der Waals surface area contributed by atoms with E-state index in [-0.39, 0.29) is 12.4 Å². The summed E-state index contributed by atoms with van der Waals surface area (Å²) in [4.78, 5) is 4.13. The van der Waals surface area contributed by atoms with Gasteiger partial charge in [-0.1, -0.05) is 42.5 Å². The first-order valence-electron chi connectivity index (χ1n) is 9.69. The highest BCUT2D eigenvalue weighted by atomic mass is 35.5. The number of rotatable bonds is 8. The lowest BCUT2D eigenvalue weighted by Gasteiger charge is -2.12. The Morgan fingerprint density at radius 2 is 1.67 bits per heavy atom. The van der Waals surface area contributed by atoms with Gasteiger partial charge in [-0.25, -0.2) is 0 Å². The lowest BCUT2D eigenvalue weighted by atomic mass is 10.1. The van der Waals surface area contributed by atoms with Crippen molar-refractivity contribution in [2.24, 2.45) is 0 Å². The summed E-state index contributed by atoms with van der Waals surface area (Å²) in [6.45, 7) is 2.04. The van der Waals surface area contributed by atoms with Crippen LogP contribution < -0.4 is 14.8 Å². The molecule has 1 heterocycles. The largest absolute Gasteiger partial charge is 0.497 e. The second-order valence-electron chi connectivity index (χ2n) is 6.91. The molecule has 3 aromatic carbocycles. The minimum Gasteiger partial charge on any atom is -0.497 e. The predicted octanol–water partition coefficient (Wildman–Crippen LogP) is 5.53. The van der Waals surface area contributed by atoms with E-state index in [0.29, 0.717) is 6.61 Å². The van der Waals surface area contributed by atoms with E-state index in [9.17, 15) is 0 Å². The van der Waals surface area contributed by atoms with Gasteiger partial charge in [-0.3, -0.25) is 4.98 Å². The molecule has 0 saturated carbocycles. The van der Waals surface area contributed by atoms with Gasteiger partial charge < -0.3 is 14.8 Å². The van der Waals surface area contributed by atoms with Crippen LogP contribution in [-0.2, 0) is 19.7 Å². The van der Waals surface area contributed by atoms with Crippen LogP contribution in [0.4, 0.5) is 0 Å². The number of ether oxygens (including phenoxy) is 2. The van der Waals surface area contributed by atoms with Crippen LogP contribution in [0.5, 0.6) is 11.5 Å². The van der Waals surface area contributed by atoms with Crippen molar-refractivity contribution in [3.05, 3.63) is 102 Å². The van der Waals surface area contributed by atoms with Gasteiger partial charge in [-0.05, 0) is 46.7 Å². The molecule has 1 aromatic heterocycles. The maximum Gasteiger partial charge on any atom is 0.124 e.